The van der Waals surface area contributed by atoms with Crippen LogP contribution >= 0.6 is 0 Å². The number of hydrogen-bond acceptors (Lipinski definition) is 3. The molecule has 0 aliphatic rings. The number of aliphatic imine (C=N–C) groups is 1. The monoisotopic (exact) mass is 333 g/mol. The number of benzene rings is 1. The fraction of sp³-hybridized carbons (Fsp3) is 0.667. The van der Waals surface area contributed by atoms with Gasteiger partial charge in [-0.05, 0) is 43.2 Å². The van der Waals surface area contributed by atoms with Crippen LogP contribution in [0, 0.1) is 18.8 Å². The molecule has 136 valence electrons. The van der Waals surface area contributed by atoms with Crippen molar-refractivity contribution in [3.8, 4) is 11.5 Å². The summed E-state index contributed by atoms with van der Waals surface area (Å²) in [7, 11) is 3.39. The van der Waals surface area contributed by atoms with Gasteiger partial charge in [0, 0.05) is 17.3 Å². The summed E-state index contributed by atoms with van der Waals surface area (Å²) in [6.45, 7) is 13.3. The predicted octanol–water partition coefficient (Wildman–Crippen LogP) is 5.45. The zero-order chi connectivity index (χ0) is 18.3. The van der Waals surface area contributed by atoms with Crippen LogP contribution in [0.2, 0.25) is 0 Å². The van der Waals surface area contributed by atoms with E-state index < -0.39 is 0 Å². The number of rotatable bonds is 9. The van der Waals surface area contributed by atoms with E-state index in [0.717, 1.165) is 29.9 Å². The van der Waals surface area contributed by atoms with Crippen molar-refractivity contribution in [2.24, 2.45) is 16.8 Å². The molecule has 0 fully saturated rings. The molecule has 0 radical (unpaired) electrons. The zero-order valence-corrected chi connectivity index (χ0v) is 16.8. The van der Waals surface area contributed by atoms with E-state index in [2.05, 4.69) is 53.8 Å². The number of methoxy groups -OCH3 is 2. The highest BCUT2D eigenvalue weighted by Gasteiger charge is 2.18. The van der Waals surface area contributed by atoms with Crippen LogP contribution in [0.15, 0.2) is 11.1 Å². The van der Waals surface area contributed by atoms with Crippen LogP contribution in [0.4, 0.5) is 0 Å². The summed E-state index contributed by atoms with van der Waals surface area (Å²) in [5.41, 5.74) is 3.59. The molecule has 0 N–H and O–H groups in total. The van der Waals surface area contributed by atoms with E-state index in [9.17, 15) is 0 Å². The van der Waals surface area contributed by atoms with Crippen molar-refractivity contribution in [1.82, 2.24) is 0 Å². The van der Waals surface area contributed by atoms with E-state index in [0.29, 0.717) is 17.9 Å². The molecule has 0 unspecified atom stereocenters. The molecule has 0 aliphatic carbocycles. The first-order chi connectivity index (χ1) is 11.4. The molecule has 1 rings (SSSR count). The molecule has 1 aromatic rings. The second kappa shape index (κ2) is 9.71. The lowest BCUT2D eigenvalue weighted by Gasteiger charge is -2.21. The van der Waals surface area contributed by atoms with E-state index in [1.165, 1.54) is 17.5 Å². The molecule has 0 saturated carbocycles. The fourth-order valence-corrected chi connectivity index (χ4v) is 3.28. The van der Waals surface area contributed by atoms with E-state index in [1.54, 1.807) is 14.2 Å². The van der Waals surface area contributed by atoms with Crippen molar-refractivity contribution in [2.45, 2.75) is 66.8 Å². The quantitative estimate of drug-likeness (QED) is 0.562. The van der Waals surface area contributed by atoms with Gasteiger partial charge in [0.15, 0.2) is 11.5 Å². The Morgan fingerprint density at radius 3 is 2.17 bits per heavy atom. The number of aryl methyl sites for hydroxylation is 1. The first kappa shape index (κ1) is 20.5. The lowest BCUT2D eigenvalue weighted by molar-refractivity contribution is 0.352. The second-order valence-corrected chi connectivity index (χ2v) is 7.17. The molecular weight excluding hydrogens is 298 g/mol. The SMILES string of the molecule is CCCCc1cc(OC)c(OC)c(C)c1C=NC(C(C)C)C(C)C. The van der Waals surface area contributed by atoms with Crippen molar-refractivity contribution in [2.75, 3.05) is 14.2 Å². The second-order valence-electron chi connectivity index (χ2n) is 7.17. The highest BCUT2D eigenvalue weighted by molar-refractivity contribution is 5.86. The molecule has 3 nitrogen and oxygen atoms in total. The van der Waals surface area contributed by atoms with Gasteiger partial charge in [-0.25, -0.2) is 0 Å². The molecule has 0 amide bonds. The summed E-state index contributed by atoms with van der Waals surface area (Å²) in [5.74, 6) is 2.67. The maximum absolute atomic E-state index is 5.58. The molecule has 0 saturated heterocycles. The number of nitrogens with zero attached hydrogens (tertiary/aromatic N) is 1. The smallest absolute Gasteiger partial charge is 0.164 e. The van der Waals surface area contributed by atoms with Crippen LogP contribution in [0.3, 0.4) is 0 Å². The van der Waals surface area contributed by atoms with Gasteiger partial charge < -0.3 is 9.47 Å². The van der Waals surface area contributed by atoms with Gasteiger partial charge in [-0.3, -0.25) is 4.99 Å². The van der Waals surface area contributed by atoms with E-state index in [4.69, 9.17) is 14.5 Å². The average Bonchev–Trinajstić information content (AvgIpc) is 2.53. The molecule has 0 spiro atoms. The Morgan fingerprint density at radius 1 is 1.08 bits per heavy atom. The summed E-state index contributed by atoms with van der Waals surface area (Å²) >= 11 is 0. The number of hydrogen-bond donors (Lipinski definition) is 0. The number of ether oxygens (including phenoxy) is 2. The Bertz CT molecular complexity index is 539. The van der Waals surface area contributed by atoms with E-state index >= 15 is 0 Å². The summed E-state index contributed by atoms with van der Waals surface area (Å²) in [6.07, 6.45) is 5.43. The minimum Gasteiger partial charge on any atom is -0.493 e. The predicted molar refractivity (Wildman–Crippen MR) is 104 cm³/mol. The first-order valence-electron chi connectivity index (χ1n) is 9.14. The summed E-state index contributed by atoms with van der Waals surface area (Å²) in [4.78, 5) is 4.93. The Balaban J connectivity index is 3.36. The summed E-state index contributed by atoms with van der Waals surface area (Å²) in [5, 5.41) is 0. The lowest BCUT2D eigenvalue weighted by atomic mass is 9.93. The fourth-order valence-electron chi connectivity index (χ4n) is 3.28. The van der Waals surface area contributed by atoms with Crippen LogP contribution in [0.25, 0.3) is 0 Å². The van der Waals surface area contributed by atoms with Gasteiger partial charge in [-0.2, -0.15) is 0 Å². The maximum atomic E-state index is 5.58. The average molecular weight is 334 g/mol. The van der Waals surface area contributed by atoms with Gasteiger partial charge in [-0.15, -0.1) is 0 Å². The Hall–Kier alpha value is -1.51. The molecule has 0 aromatic heterocycles. The van der Waals surface area contributed by atoms with Crippen molar-refractivity contribution in [3.05, 3.63) is 22.8 Å². The number of unbranched alkanes of at least 4 members (excludes halogenated alkanes) is 1. The molecule has 0 bridgehead atoms. The third-order valence-electron chi connectivity index (χ3n) is 4.59. The topological polar surface area (TPSA) is 30.8 Å². The van der Waals surface area contributed by atoms with Gasteiger partial charge in [-0.1, -0.05) is 41.0 Å². The Kier molecular flexibility index (Phi) is 8.30. The largest absolute Gasteiger partial charge is 0.493 e. The van der Waals surface area contributed by atoms with Crippen molar-refractivity contribution >= 4 is 6.21 Å². The molecular formula is C21H35NO2. The third kappa shape index (κ3) is 4.99. The normalized spacial score (nSPS) is 12.0. The minimum atomic E-state index is 0.330. The van der Waals surface area contributed by atoms with Gasteiger partial charge >= 0.3 is 0 Å². The van der Waals surface area contributed by atoms with Crippen LogP contribution in [0.1, 0.15) is 64.2 Å². The lowest BCUT2D eigenvalue weighted by Crippen LogP contribution is -2.20. The zero-order valence-electron chi connectivity index (χ0n) is 16.8. The molecule has 24 heavy (non-hydrogen) atoms. The molecule has 0 heterocycles. The highest BCUT2D eigenvalue weighted by Crippen LogP contribution is 2.35. The molecule has 3 heteroatoms. The van der Waals surface area contributed by atoms with Crippen LogP contribution in [0.5, 0.6) is 11.5 Å². The standard InChI is InChI=1S/C21H35NO2/c1-9-10-11-17-12-19(23-7)21(24-8)16(6)18(17)13-22-20(14(2)3)15(4)5/h12-15,20H,9-11H2,1-8H3. The van der Waals surface area contributed by atoms with Crippen molar-refractivity contribution in [1.29, 1.82) is 0 Å². The Morgan fingerprint density at radius 2 is 1.71 bits per heavy atom. The summed E-state index contributed by atoms with van der Waals surface area (Å²) in [6, 6.07) is 2.44. The van der Waals surface area contributed by atoms with Crippen LogP contribution < -0.4 is 9.47 Å². The third-order valence-corrected chi connectivity index (χ3v) is 4.59. The van der Waals surface area contributed by atoms with Gasteiger partial charge in [0.25, 0.3) is 0 Å². The Labute approximate surface area is 148 Å². The first-order valence-corrected chi connectivity index (χ1v) is 9.14. The molecule has 1 aromatic carbocycles. The van der Waals surface area contributed by atoms with Crippen molar-refractivity contribution < 1.29 is 9.47 Å². The van der Waals surface area contributed by atoms with Crippen LogP contribution in [-0.4, -0.2) is 26.5 Å². The molecule has 0 atom stereocenters. The summed E-state index contributed by atoms with van der Waals surface area (Å²) < 4.78 is 11.1. The van der Waals surface area contributed by atoms with Gasteiger partial charge in [0.05, 0.1) is 20.3 Å². The van der Waals surface area contributed by atoms with Gasteiger partial charge in [0.1, 0.15) is 0 Å². The molecule has 0 aliphatic heterocycles. The maximum Gasteiger partial charge on any atom is 0.164 e. The van der Waals surface area contributed by atoms with E-state index in [-0.39, 0.29) is 0 Å². The van der Waals surface area contributed by atoms with Gasteiger partial charge in [0.2, 0.25) is 0 Å². The highest BCUT2D eigenvalue weighted by atomic mass is 16.5. The van der Waals surface area contributed by atoms with Crippen molar-refractivity contribution in [3.63, 3.8) is 0 Å². The van der Waals surface area contributed by atoms with E-state index in [1.807, 2.05) is 0 Å². The van der Waals surface area contributed by atoms with Crippen LogP contribution in [-0.2, 0) is 6.42 Å². The minimum absolute atomic E-state index is 0.330.